The van der Waals surface area contributed by atoms with Crippen molar-refractivity contribution < 1.29 is 14.7 Å². The number of likely N-dealkylation sites (N-methyl/N-ethyl adjacent to an activating group) is 1. The highest BCUT2D eigenvalue weighted by atomic mass is 35.5. The van der Waals surface area contributed by atoms with Gasteiger partial charge in [-0.05, 0) is 54.8 Å². The maximum absolute atomic E-state index is 13.0. The van der Waals surface area contributed by atoms with E-state index in [1.807, 2.05) is 25.1 Å². The number of aryl methyl sites for hydroxylation is 1. The average molecular weight is 421 g/mol. The monoisotopic (exact) mass is 420 g/mol. The van der Waals surface area contributed by atoms with Crippen molar-refractivity contribution in [1.29, 1.82) is 0 Å². The molecular weight excluding hydrogens is 399 g/mol. The molecule has 148 valence electrons. The van der Waals surface area contributed by atoms with Crippen molar-refractivity contribution in [1.82, 2.24) is 9.80 Å². The molecule has 0 aromatic heterocycles. The highest BCUT2D eigenvalue weighted by molar-refractivity contribution is 6.31. The molecule has 1 aliphatic heterocycles. The molecule has 2 aromatic rings. The van der Waals surface area contributed by atoms with Crippen molar-refractivity contribution in [3.63, 3.8) is 0 Å². The van der Waals surface area contributed by atoms with Crippen LogP contribution in [-0.4, -0.2) is 53.1 Å². The molecule has 7 heteroatoms. The standard InChI is InChI=1S/C21H22Cl2N2O3/c1-13-11-15(5-8-18(13)23)17-12-25(21(27)28)10-9-19(17)24(2)20(26)14-3-6-16(22)7-4-14/h3-8,11,17,19H,9-10,12H2,1-2H3,(H,27,28). The summed E-state index contributed by atoms with van der Waals surface area (Å²) >= 11 is 12.1. The van der Waals surface area contributed by atoms with Crippen molar-refractivity contribution in [3.05, 3.63) is 69.2 Å². The summed E-state index contributed by atoms with van der Waals surface area (Å²) in [6, 6.07) is 12.4. The van der Waals surface area contributed by atoms with E-state index in [9.17, 15) is 14.7 Å². The quantitative estimate of drug-likeness (QED) is 0.766. The summed E-state index contributed by atoms with van der Waals surface area (Å²) < 4.78 is 0. The fourth-order valence-corrected chi connectivity index (χ4v) is 3.99. The van der Waals surface area contributed by atoms with E-state index >= 15 is 0 Å². The molecule has 1 fully saturated rings. The Morgan fingerprint density at radius 3 is 2.43 bits per heavy atom. The molecule has 2 unspecified atom stereocenters. The molecule has 1 N–H and O–H groups in total. The number of hydrogen-bond acceptors (Lipinski definition) is 2. The van der Waals surface area contributed by atoms with E-state index < -0.39 is 6.09 Å². The minimum absolute atomic E-state index is 0.110. The Morgan fingerprint density at radius 2 is 1.82 bits per heavy atom. The number of likely N-dealkylation sites (tertiary alicyclic amines) is 1. The van der Waals surface area contributed by atoms with Gasteiger partial charge in [-0.25, -0.2) is 4.79 Å². The third-order valence-corrected chi connectivity index (χ3v) is 6.04. The third-order valence-electron chi connectivity index (χ3n) is 5.37. The topological polar surface area (TPSA) is 60.9 Å². The molecule has 0 saturated carbocycles. The first kappa shape index (κ1) is 20.5. The fourth-order valence-electron chi connectivity index (χ4n) is 3.75. The van der Waals surface area contributed by atoms with Gasteiger partial charge in [-0.2, -0.15) is 0 Å². The molecule has 1 aliphatic rings. The molecule has 5 nitrogen and oxygen atoms in total. The molecular formula is C21H22Cl2N2O3. The Balaban J connectivity index is 1.91. The van der Waals surface area contributed by atoms with Crippen LogP contribution in [0.5, 0.6) is 0 Å². The molecule has 1 saturated heterocycles. The van der Waals surface area contributed by atoms with Gasteiger partial charge in [0.2, 0.25) is 0 Å². The number of piperidine rings is 1. The zero-order chi connectivity index (χ0) is 20.4. The Bertz CT molecular complexity index is 886. The van der Waals surface area contributed by atoms with Crippen LogP contribution in [0.2, 0.25) is 10.0 Å². The number of hydrogen-bond donors (Lipinski definition) is 1. The van der Waals surface area contributed by atoms with Crippen LogP contribution in [0.15, 0.2) is 42.5 Å². The summed E-state index contributed by atoms with van der Waals surface area (Å²) in [6.07, 6.45) is -0.380. The van der Waals surface area contributed by atoms with Gasteiger partial charge in [-0.3, -0.25) is 4.79 Å². The molecule has 2 atom stereocenters. The molecule has 0 radical (unpaired) electrons. The lowest BCUT2D eigenvalue weighted by Crippen LogP contribution is -2.51. The second-order valence-electron chi connectivity index (χ2n) is 7.12. The maximum atomic E-state index is 13.0. The van der Waals surface area contributed by atoms with Crippen molar-refractivity contribution in [3.8, 4) is 0 Å². The molecule has 2 amide bonds. The van der Waals surface area contributed by atoms with E-state index in [2.05, 4.69) is 0 Å². The number of carbonyl (C=O) groups is 2. The Labute approximate surface area is 174 Å². The molecule has 0 aliphatic carbocycles. The SMILES string of the molecule is Cc1cc(C2CN(C(=O)O)CCC2N(C)C(=O)c2ccc(Cl)cc2)ccc1Cl. The number of benzene rings is 2. The van der Waals surface area contributed by atoms with E-state index in [0.717, 1.165) is 11.1 Å². The van der Waals surface area contributed by atoms with Crippen LogP contribution in [0, 0.1) is 6.92 Å². The van der Waals surface area contributed by atoms with Crippen LogP contribution in [-0.2, 0) is 0 Å². The Kier molecular flexibility index (Phi) is 6.16. The van der Waals surface area contributed by atoms with Crippen LogP contribution < -0.4 is 0 Å². The normalized spacial score (nSPS) is 19.4. The van der Waals surface area contributed by atoms with Gasteiger partial charge in [-0.15, -0.1) is 0 Å². The van der Waals surface area contributed by atoms with Crippen molar-refractivity contribution in [2.75, 3.05) is 20.1 Å². The number of amides is 2. The fraction of sp³-hybridized carbons (Fsp3) is 0.333. The smallest absolute Gasteiger partial charge is 0.407 e. The molecule has 0 bridgehead atoms. The van der Waals surface area contributed by atoms with E-state index in [0.29, 0.717) is 35.1 Å². The number of carbonyl (C=O) groups excluding carboxylic acids is 1. The third kappa shape index (κ3) is 4.26. The second-order valence-corrected chi connectivity index (χ2v) is 7.97. The molecule has 1 heterocycles. The maximum Gasteiger partial charge on any atom is 0.407 e. The molecule has 28 heavy (non-hydrogen) atoms. The van der Waals surface area contributed by atoms with Crippen LogP contribution in [0.25, 0.3) is 0 Å². The summed E-state index contributed by atoms with van der Waals surface area (Å²) in [5.41, 5.74) is 2.46. The number of nitrogens with zero attached hydrogens (tertiary/aromatic N) is 2. The number of halogens is 2. The predicted octanol–water partition coefficient (Wildman–Crippen LogP) is 4.91. The lowest BCUT2D eigenvalue weighted by atomic mass is 9.84. The summed E-state index contributed by atoms with van der Waals surface area (Å²) in [5, 5.41) is 10.7. The van der Waals surface area contributed by atoms with Crippen molar-refractivity contribution in [2.45, 2.75) is 25.3 Å². The largest absolute Gasteiger partial charge is 0.465 e. The second kappa shape index (κ2) is 8.41. The molecule has 0 spiro atoms. The van der Waals surface area contributed by atoms with Gasteiger partial charge in [0.15, 0.2) is 0 Å². The average Bonchev–Trinajstić information content (AvgIpc) is 2.69. The van der Waals surface area contributed by atoms with Crippen LogP contribution in [0.1, 0.15) is 33.8 Å². The van der Waals surface area contributed by atoms with Crippen LogP contribution >= 0.6 is 23.2 Å². The first-order valence-corrected chi connectivity index (χ1v) is 9.80. The minimum atomic E-state index is -0.944. The molecule has 3 rings (SSSR count). The van der Waals surface area contributed by atoms with Gasteiger partial charge in [-0.1, -0.05) is 35.3 Å². The van der Waals surface area contributed by atoms with Crippen molar-refractivity contribution >= 4 is 35.2 Å². The van der Waals surface area contributed by atoms with Gasteiger partial charge in [0, 0.05) is 47.7 Å². The van der Waals surface area contributed by atoms with Crippen LogP contribution in [0.3, 0.4) is 0 Å². The predicted molar refractivity (Wildman–Crippen MR) is 110 cm³/mol. The summed E-state index contributed by atoms with van der Waals surface area (Å²) in [4.78, 5) is 27.7. The first-order valence-electron chi connectivity index (χ1n) is 9.04. The lowest BCUT2D eigenvalue weighted by molar-refractivity contribution is 0.0591. The van der Waals surface area contributed by atoms with Gasteiger partial charge < -0.3 is 14.9 Å². The van der Waals surface area contributed by atoms with Crippen molar-refractivity contribution in [2.24, 2.45) is 0 Å². The summed E-state index contributed by atoms with van der Waals surface area (Å²) in [7, 11) is 1.77. The van der Waals surface area contributed by atoms with E-state index in [1.165, 1.54) is 4.90 Å². The van der Waals surface area contributed by atoms with Gasteiger partial charge >= 0.3 is 6.09 Å². The molecule has 2 aromatic carbocycles. The minimum Gasteiger partial charge on any atom is -0.465 e. The lowest BCUT2D eigenvalue weighted by Gasteiger charge is -2.42. The van der Waals surface area contributed by atoms with E-state index in [1.54, 1.807) is 36.2 Å². The first-order chi connectivity index (χ1) is 13.3. The van der Waals surface area contributed by atoms with Crippen LogP contribution in [0.4, 0.5) is 4.79 Å². The highest BCUT2D eigenvalue weighted by Crippen LogP contribution is 2.33. The zero-order valence-corrected chi connectivity index (χ0v) is 17.2. The zero-order valence-electron chi connectivity index (χ0n) is 15.7. The Morgan fingerprint density at radius 1 is 1.14 bits per heavy atom. The summed E-state index contributed by atoms with van der Waals surface area (Å²) in [6.45, 7) is 2.64. The number of rotatable bonds is 3. The van der Waals surface area contributed by atoms with Gasteiger partial charge in [0.25, 0.3) is 5.91 Å². The van der Waals surface area contributed by atoms with E-state index in [-0.39, 0.29) is 17.9 Å². The van der Waals surface area contributed by atoms with Gasteiger partial charge in [0.05, 0.1) is 0 Å². The number of carboxylic acid groups (broad SMARTS) is 1. The summed E-state index contributed by atoms with van der Waals surface area (Å²) in [5.74, 6) is -0.247. The van der Waals surface area contributed by atoms with E-state index in [4.69, 9.17) is 23.2 Å². The Hall–Kier alpha value is -2.24. The van der Waals surface area contributed by atoms with Gasteiger partial charge in [0.1, 0.15) is 0 Å². The highest BCUT2D eigenvalue weighted by Gasteiger charge is 2.36.